The van der Waals surface area contributed by atoms with Crippen molar-refractivity contribution in [1.82, 2.24) is 0 Å². The summed E-state index contributed by atoms with van der Waals surface area (Å²) in [4.78, 5) is 17.6. The number of oxime groups is 1. The molecule has 0 amide bonds. The lowest BCUT2D eigenvalue weighted by Crippen LogP contribution is -2.14. The number of thiophene rings is 1. The molecule has 0 fully saturated rings. The molecule has 0 atom stereocenters. The van der Waals surface area contributed by atoms with Gasteiger partial charge in [-0.2, -0.15) is 0 Å². The normalized spacial score (nSPS) is 15.5. The van der Waals surface area contributed by atoms with Crippen LogP contribution in [0.1, 0.15) is 39.2 Å². The SMILES string of the molecule is COc1cc2c(cc1C)/C(=N/OC(=O)c1cccs1)CCC2. The van der Waals surface area contributed by atoms with E-state index in [9.17, 15) is 4.79 Å². The molecular formula is C17H17NO3S. The van der Waals surface area contributed by atoms with Crippen molar-refractivity contribution in [3.05, 3.63) is 51.2 Å². The van der Waals surface area contributed by atoms with Crippen LogP contribution in [-0.2, 0) is 11.3 Å². The smallest absolute Gasteiger partial charge is 0.375 e. The quantitative estimate of drug-likeness (QED) is 0.636. The third-order valence-electron chi connectivity index (χ3n) is 3.75. The molecule has 1 aliphatic carbocycles. The Bertz CT molecular complexity index is 720. The highest BCUT2D eigenvalue weighted by atomic mass is 32.1. The molecule has 0 spiro atoms. The number of hydrogen-bond donors (Lipinski definition) is 0. The molecule has 114 valence electrons. The highest BCUT2D eigenvalue weighted by Gasteiger charge is 2.19. The van der Waals surface area contributed by atoms with Gasteiger partial charge in [-0.15, -0.1) is 11.3 Å². The third-order valence-corrected chi connectivity index (χ3v) is 4.60. The molecule has 0 N–H and O–H groups in total. The van der Waals surface area contributed by atoms with Gasteiger partial charge in [0.1, 0.15) is 10.6 Å². The van der Waals surface area contributed by atoms with Crippen LogP contribution in [0.4, 0.5) is 0 Å². The first-order valence-corrected chi connectivity index (χ1v) is 8.06. The van der Waals surface area contributed by atoms with E-state index < -0.39 is 5.97 Å². The predicted molar refractivity (Wildman–Crippen MR) is 86.9 cm³/mol. The van der Waals surface area contributed by atoms with E-state index in [4.69, 9.17) is 9.57 Å². The molecule has 4 nitrogen and oxygen atoms in total. The Morgan fingerprint density at radius 3 is 2.91 bits per heavy atom. The first-order valence-electron chi connectivity index (χ1n) is 7.18. The number of carbonyl (C=O) groups is 1. The number of aryl methyl sites for hydroxylation is 2. The minimum absolute atomic E-state index is 0.403. The van der Waals surface area contributed by atoms with Gasteiger partial charge < -0.3 is 9.57 Å². The summed E-state index contributed by atoms with van der Waals surface area (Å²) in [6, 6.07) is 7.67. The number of ether oxygens (including phenoxy) is 1. The van der Waals surface area contributed by atoms with E-state index >= 15 is 0 Å². The van der Waals surface area contributed by atoms with Gasteiger partial charge in [0.15, 0.2) is 0 Å². The molecule has 0 aliphatic heterocycles. The lowest BCUT2D eigenvalue weighted by atomic mass is 9.88. The van der Waals surface area contributed by atoms with Crippen molar-refractivity contribution in [1.29, 1.82) is 0 Å². The van der Waals surface area contributed by atoms with Crippen LogP contribution in [0.2, 0.25) is 0 Å². The monoisotopic (exact) mass is 315 g/mol. The zero-order valence-electron chi connectivity index (χ0n) is 12.6. The van der Waals surface area contributed by atoms with Crippen molar-refractivity contribution in [2.75, 3.05) is 7.11 Å². The van der Waals surface area contributed by atoms with Gasteiger partial charge in [0, 0.05) is 5.56 Å². The number of nitrogens with zero attached hydrogens (tertiary/aromatic N) is 1. The highest BCUT2D eigenvalue weighted by Crippen LogP contribution is 2.29. The average molecular weight is 315 g/mol. The Morgan fingerprint density at radius 1 is 1.32 bits per heavy atom. The molecular weight excluding hydrogens is 298 g/mol. The van der Waals surface area contributed by atoms with E-state index in [1.54, 1.807) is 13.2 Å². The standard InChI is InChI=1S/C17H17NO3S/c1-11-9-13-12(10-15(11)20-2)5-3-6-14(13)18-21-17(19)16-7-4-8-22-16/h4,7-10H,3,5-6H2,1-2H3/b18-14+. The first-order chi connectivity index (χ1) is 10.7. The lowest BCUT2D eigenvalue weighted by molar-refractivity contribution is 0.0521. The summed E-state index contributed by atoms with van der Waals surface area (Å²) in [5, 5.41) is 5.95. The van der Waals surface area contributed by atoms with Crippen molar-refractivity contribution >= 4 is 23.0 Å². The lowest BCUT2D eigenvalue weighted by Gasteiger charge is -2.19. The summed E-state index contributed by atoms with van der Waals surface area (Å²) in [7, 11) is 1.68. The Balaban J connectivity index is 1.86. The van der Waals surface area contributed by atoms with Gasteiger partial charge in [0.2, 0.25) is 0 Å². The summed E-state index contributed by atoms with van der Waals surface area (Å²) in [5.41, 5.74) is 4.14. The number of rotatable bonds is 3. The van der Waals surface area contributed by atoms with Crippen LogP contribution in [0.5, 0.6) is 5.75 Å². The molecule has 0 radical (unpaired) electrons. The minimum Gasteiger partial charge on any atom is -0.496 e. The van der Waals surface area contributed by atoms with Gasteiger partial charge >= 0.3 is 5.97 Å². The number of carbonyl (C=O) groups excluding carboxylic acids is 1. The molecule has 3 rings (SSSR count). The average Bonchev–Trinajstić information content (AvgIpc) is 3.06. The van der Waals surface area contributed by atoms with E-state index in [1.807, 2.05) is 18.4 Å². The number of fused-ring (bicyclic) bond motifs is 1. The van der Waals surface area contributed by atoms with Crippen molar-refractivity contribution in [3.63, 3.8) is 0 Å². The van der Waals surface area contributed by atoms with Gasteiger partial charge in [-0.25, -0.2) is 4.79 Å². The van der Waals surface area contributed by atoms with Gasteiger partial charge in [-0.05, 0) is 60.9 Å². The van der Waals surface area contributed by atoms with Crippen LogP contribution in [0, 0.1) is 6.92 Å². The van der Waals surface area contributed by atoms with E-state index in [0.29, 0.717) is 4.88 Å². The van der Waals surface area contributed by atoms with Gasteiger partial charge in [0.25, 0.3) is 0 Å². The van der Waals surface area contributed by atoms with Crippen molar-refractivity contribution in [2.45, 2.75) is 26.2 Å². The Morgan fingerprint density at radius 2 is 2.18 bits per heavy atom. The largest absolute Gasteiger partial charge is 0.496 e. The van der Waals surface area contributed by atoms with Gasteiger partial charge in [-0.3, -0.25) is 0 Å². The molecule has 22 heavy (non-hydrogen) atoms. The molecule has 0 unspecified atom stereocenters. The van der Waals surface area contributed by atoms with Crippen molar-refractivity contribution in [2.24, 2.45) is 5.16 Å². The van der Waals surface area contributed by atoms with E-state index in [-0.39, 0.29) is 0 Å². The van der Waals surface area contributed by atoms with Crippen LogP contribution in [-0.4, -0.2) is 18.8 Å². The van der Waals surface area contributed by atoms with Crippen molar-refractivity contribution in [3.8, 4) is 5.75 Å². The first kappa shape index (κ1) is 14.8. The highest BCUT2D eigenvalue weighted by molar-refractivity contribution is 7.11. The molecule has 0 bridgehead atoms. The fourth-order valence-corrected chi connectivity index (χ4v) is 3.23. The molecule has 0 saturated heterocycles. The van der Waals surface area contributed by atoms with Crippen LogP contribution in [0.3, 0.4) is 0 Å². The molecule has 5 heteroatoms. The van der Waals surface area contributed by atoms with E-state index in [2.05, 4.69) is 17.3 Å². The molecule has 2 aromatic rings. The third kappa shape index (κ3) is 2.90. The molecule has 1 aromatic heterocycles. The Kier molecular flexibility index (Phi) is 4.24. The summed E-state index contributed by atoms with van der Waals surface area (Å²) in [6.07, 6.45) is 2.80. The molecule has 1 aromatic carbocycles. The van der Waals surface area contributed by atoms with E-state index in [0.717, 1.165) is 41.9 Å². The Hall–Kier alpha value is -2.14. The van der Waals surface area contributed by atoms with E-state index in [1.165, 1.54) is 16.9 Å². The Labute approximate surface area is 133 Å². The maximum absolute atomic E-state index is 11.9. The molecule has 0 saturated carbocycles. The maximum atomic E-state index is 11.9. The summed E-state index contributed by atoms with van der Waals surface area (Å²) < 4.78 is 5.37. The number of benzene rings is 1. The molecule has 1 heterocycles. The zero-order chi connectivity index (χ0) is 15.5. The fraction of sp³-hybridized carbons (Fsp3) is 0.294. The second-order valence-corrected chi connectivity index (χ2v) is 6.17. The van der Waals surface area contributed by atoms with Gasteiger partial charge in [0.05, 0.1) is 12.8 Å². The summed E-state index contributed by atoms with van der Waals surface area (Å²) in [6.45, 7) is 2.00. The number of methoxy groups -OCH3 is 1. The zero-order valence-corrected chi connectivity index (χ0v) is 13.4. The van der Waals surface area contributed by atoms with Crippen LogP contribution >= 0.6 is 11.3 Å². The van der Waals surface area contributed by atoms with Crippen LogP contribution in [0.25, 0.3) is 0 Å². The maximum Gasteiger partial charge on any atom is 0.375 e. The predicted octanol–water partition coefficient (Wildman–Crippen LogP) is 3.96. The second-order valence-electron chi connectivity index (χ2n) is 5.23. The topological polar surface area (TPSA) is 47.9 Å². The van der Waals surface area contributed by atoms with Crippen LogP contribution in [0.15, 0.2) is 34.8 Å². The van der Waals surface area contributed by atoms with Crippen molar-refractivity contribution < 1.29 is 14.4 Å². The summed E-state index contributed by atoms with van der Waals surface area (Å²) in [5.74, 6) is 0.482. The van der Waals surface area contributed by atoms with Gasteiger partial charge in [-0.1, -0.05) is 11.2 Å². The molecule has 1 aliphatic rings. The fourth-order valence-electron chi connectivity index (χ4n) is 2.64. The summed E-state index contributed by atoms with van der Waals surface area (Å²) >= 11 is 1.35. The second kappa shape index (κ2) is 6.32. The van der Waals surface area contributed by atoms with Crippen LogP contribution < -0.4 is 4.74 Å². The minimum atomic E-state index is -0.403. The number of hydrogen-bond acceptors (Lipinski definition) is 5.